The van der Waals surface area contributed by atoms with Crippen LogP contribution in [0, 0.1) is 0 Å². The highest BCUT2D eigenvalue weighted by Crippen LogP contribution is 2.28. The van der Waals surface area contributed by atoms with Crippen LogP contribution in [0.25, 0.3) is 11.1 Å². The molecule has 1 aromatic heterocycles. The lowest BCUT2D eigenvalue weighted by Gasteiger charge is -2.29. The van der Waals surface area contributed by atoms with Crippen LogP contribution in [-0.4, -0.2) is 39.1 Å². The van der Waals surface area contributed by atoms with Gasteiger partial charge in [-0.15, -0.1) is 0 Å². The van der Waals surface area contributed by atoms with E-state index in [0.29, 0.717) is 29.2 Å². The number of aryl methyl sites for hydroxylation is 1. The van der Waals surface area contributed by atoms with Gasteiger partial charge >= 0.3 is 0 Å². The molecule has 9 heteroatoms. The van der Waals surface area contributed by atoms with Crippen molar-refractivity contribution in [3.63, 3.8) is 0 Å². The number of nitrogens with one attached hydrogen (secondary N) is 2. The number of halogens is 1. The topological polar surface area (TPSA) is 101 Å². The largest absolute Gasteiger partial charge is 0.347 e. The lowest BCUT2D eigenvalue weighted by Crippen LogP contribution is -2.52. The molecule has 2 aliphatic heterocycles. The number of hydrogen-bond donors (Lipinski definition) is 2. The molecule has 5 rings (SSSR count). The molecule has 3 aromatic rings. The number of benzene rings is 2. The number of aromatic nitrogens is 1. The number of nitrogens with zero attached hydrogens (tertiary/aromatic N) is 2. The molecule has 0 radical (unpaired) electrons. The highest BCUT2D eigenvalue weighted by Gasteiger charge is 2.39. The van der Waals surface area contributed by atoms with E-state index in [-0.39, 0.29) is 30.7 Å². The maximum atomic E-state index is 12.9. The van der Waals surface area contributed by atoms with Crippen LogP contribution in [0.5, 0.6) is 0 Å². The van der Waals surface area contributed by atoms with E-state index >= 15 is 0 Å². The number of fused-ring (bicyclic) bond motifs is 1. The summed E-state index contributed by atoms with van der Waals surface area (Å²) in [7, 11) is 1.81. The minimum atomic E-state index is -0.651. The summed E-state index contributed by atoms with van der Waals surface area (Å²) in [4.78, 5) is 50.9. The molecule has 35 heavy (non-hydrogen) atoms. The van der Waals surface area contributed by atoms with Gasteiger partial charge in [0, 0.05) is 48.9 Å². The zero-order valence-electron chi connectivity index (χ0n) is 19.0. The molecule has 2 aliphatic rings. The van der Waals surface area contributed by atoms with E-state index in [1.54, 1.807) is 22.8 Å². The minimum absolute atomic E-state index is 0.214. The van der Waals surface area contributed by atoms with Gasteiger partial charge in [-0.25, -0.2) is 0 Å². The quantitative estimate of drug-likeness (QED) is 0.537. The van der Waals surface area contributed by atoms with Gasteiger partial charge in [0.05, 0.1) is 0 Å². The highest BCUT2D eigenvalue weighted by molar-refractivity contribution is 6.30. The third-order valence-corrected chi connectivity index (χ3v) is 6.67. The SMILES string of the molecule is Cn1cc(-c2cccc(Cl)c2)cc1C(=O)NCc1ccc2c(c1)CN(C1CCC(=O)NC1=O)C2=O. The van der Waals surface area contributed by atoms with E-state index in [2.05, 4.69) is 10.6 Å². The van der Waals surface area contributed by atoms with Crippen LogP contribution in [0.3, 0.4) is 0 Å². The third kappa shape index (κ3) is 4.44. The molecular weight excluding hydrogens is 468 g/mol. The summed E-state index contributed by atoms with van der Waals surface area (Å²) in [5, 5.41) is 5.87. The molecule has 2 aromatic carbocycles. The van der Waals surface area contributed by atoms with Crippen molar-refractivity contribution >= 4 is 35.2 Å². The van der Waals surface area contributed by atoms with Gasteiger partial charge in [0.15, 0.2) is 0 Å². The maximum Gasteiger partial charge on any atom is 0.268 e. The molecular formula is C26H23ClN4O4. The molecule has 1 unspecified atom stereocenters. The maximum absolute atomic E-state index is 12.9. The Kier molecular flexibility index (Phi) is 5.90. The Labute approximate surface area is 206 Å². The van der Waals surface area contributed by atoms with E-state index < -0.39 is 11.9 Å². The standard InChI is InChI=1S/C26H23ClN4O4/c1-30-13-17(16-3-2-4-19(27)10-16)11-22(30)24(33)28-12-15-5-6-20-18(9-15)14-31(26(20)35)21-7-8-23(32)29-25(21)34/h2-6,9-11,13,21H,7-8,12,14H2,1H3,(H,28,33)(H,29,32,34). The monoisotopic (exact) mass is 490 g/mol. The van der Waals surface area contributed by atoms with E-state index in [4.69, 9.17) is 11.6 Å². The highest BCUT2D eigenvalue weighted by atomic mass is 35.5. The Bertz CT molecular complexity index is 1380. The molecule has 2 N–H and O–H groups in total. The van der Waals surface area contributed by atoms with Crippen molar-refractivity contribution in [3.05, 3.63) is 82.1 Å². The fourth-order valence-electron chi connectivity index (χ4n) is 4.63. The Morgan fingerprint density at radius 3 is 2.71 bits per heavy atom. The van der Waals surface area contributed by atoms with E-state index in [0.717, 1.165) is 22.3 Å². The summed E-state index contributed by atoms with van der Waals surface area (Å²) in [6.07, 6.45) is 2.41. The molecule has 3 heterocycles. The second-order valence-corrected chi connectivity index (χ2v) is 9.25. The smallest absolute Gasteiger partial charge is 0.268 e. The molecule has 1 atom stereocenters. The third-order valence-electron chi connectivity index (χ3n) is 6.44. The molecule has 1 saturated heterocycles. The average Bonchev–Trinajstić information content (AvgIpc) is 3.37. The normalized spacial score (nSPS) is 17.4. The first-order chi connectivity index (χ1) is 16.8. The van der Waals surface area contributed by atoms with Gasteiger partial charge in [0.2, 0.25) is 11.8 Å². The first kappa shape index (κ1) is 22.9. The predicted octanol–water partition coefficient (Wildman–Crippen LogP) is 3.04. The zero-order chi connectivity index (χ0) is 24.7. The van der Waals surface area contributed by atoms with Crippen molar-refractivity contribution in [3.8, 4) is 11.1 Å². The number of piperidine rings is 1. The van der Waals surface area contributed by atoms with Crippen LogP contribution in [-0.2, 0) is 29.7 Å². The number of rotatable bonds is 5. The summed E-state index contributed by atoms with van der Waals surface area (Å²) < 4.78 is 1.77. The van der Waals surface area contributed by atoms with E-state index in [9.17, 15) is 19.2 Å². The number of carbonyl (C=O) groups excluding carboxylic acids is 4. The Morgan fingerprint density at radius 2 is 1.94 bits per heavy atom. The van der Waals surface area contributed by atoms with E-state index in [1.165, 1.54) is 4.90 Å². The summed E-state index contributed by atoms with van der Waals surface area (Å²) in [5.74, 6) is -1.19. The zero-order valence-corrected chi connectivity index (χ0v) is 19.8. The van der Waals surface area contributed by atoms with Crippen molar-refractivity contribution in [2.45, 2.75) is 32.0 Å². The van der Waals surface area contributed by atoms with Crippen LogP contribution in [0.15, 0.2) is 54.7 Å². The van der Waals surface area contributed by atoms with Crippen molar-refractivity contribution < 1.29 is 19.2 Å². The molecule has 0 aliphatic carbocycles. The van der Waals surface area contributed by atoms with Crippen molar-refractivity contribution in [2.24, 2.45) is 7.05 Å². The fourth-order valence-corrected chi connectivity index (χ4v) is 4.82. The average molecular weight is 491 g/mol. The van der Waals surface area contributed by atoms with Crippen molar-refractivity contribution in [1.29, 1.82) is 0 Å². The van der Waals surface area contributed by atoms with Gasteiger partial charge in [-0.1, -0.05) is 35.9 Å². The second-order valence-electron chi connectivity index (χ2n) is 8.81. The lowest BCUT2D eigenvalue weighted by atomic mass is 10.0. The number of hydrogen-bond acceptors (Lipinski definition) is 4. The van der Waals surface area contributed by atoms with Gasteiger partial charge in [-0.3, -0.25) is 24.5 Å². The van der Waals surface area contributed by atoms with Crippen LogP contribution in [0.2, 0.25) is 5.02 Å². The Hall–Kier alpha value is -3.91. The molecule has 1 fully saturated rings. The van der Waals surface area contributed by atoms with Gasteiger partial charge in [0.1, 0.15) is 11.7 Å². The van der Waals surface area contributed by atoms with Crippen LogP contribution < -0.4 is 10.6 Å². The fraction of sp³-hybridized carbons (Fsp3) is 0.231. The van der Waals surface area contributed by atoms with Crippen molar-refractivity contribution in [1.82, 2.24) is 20.1 Å². The summed E-state index contributed by atoms with van der Waals surface area (Å²) in [5.41, 5.74) is 4.52. The molecule has 4 amide bonds. The number of amides is 4. The Balaban J connectivity index is 1.26. The predicted molar refractivity (Wildman–Crippen MR) is 130 cm³/mol. The summed E-state index contributed by atoms with van der Waals surface area (Å²) in [6.45, 7) is 0.583. The second kappa shape index (κ2) is 9.03. The van der Waals surface area contributed by atoms with Gasteiger partial charge in [-0.05, 0) is 47.4 Å². The van der Waals surface area contributed by atoms with Gasteiger partial charge in [0.25, 0.3) is 11.8 Å². The first-order valence-electron chi connectivity index (χ1n) is 11.3. The van der Waals surface area contributed by atoms with Crippen LogP contribution in [0.1, 0.15) is 44.8 Å². The van der Waals surface area contributed by atoms with Gasteiger partial charge in [-0.2, -0.15) is 0 Å². The lowest BCUT2D eigenvalue weighted by molar-refractivity contribution is -0.136. The molecule has 8 nitrogen and oxygen atoms in total. The first-order valence-corrected chi connectivity index (χ1v) is 11.6. The van der Waals surface area contributed by atoms with E-state index in [1.807, 2.05) is 43.6 Å². The van der Waals surface area contributed by atoms with Crippen LogP contribution >= 0.6 is 11.6 Å². The number of imide groups is 1. The van der Waals surface area contributed by atoms with Crippen molar-refractivity contribution in [2.75, 3.05) is 0 Å². The summed E-state index contributed by atoms with van der Waals surface area (Å²) in [6, 6.07) is 14.0. The molecule has 0 spiro atoms. The molecule has 178 valence electrons. The summed E-state index contributed by atoms with van der Waals surface area (Å²) >= 11 is 6.09. The van der Waals surface area contributed by atoms with Crippen LogP contribution in [0.4, 0.5) is 0 Å². The number of carbonyl (C=O) groups is 4. The Morgan fingerprint density at radius 1 is 1.11 bits per heavy atom. The minimum Gasteiger partial charge on any atom is -0.347 e. The molecule has 0 bridgehead atoms. The molecule has 0 saturated carbocycles. The van der Waals surface area contributed by atoms with Gasteiger partial charge < -0.3 is 14.8 Å².